The predicted molar refractivity (Wildman–Crippen MR) is 110 cm³/mol. The maximum absolute atomic E-state index is 13.0. The molecule has 0 bridgehead atoms. The molecule has 2 aromatic carbocycles. The van der Waals surface area contributed by atoms with Gasteiger partial charge in [0.1, 0.15) is 10.6 Å². The largest absolute Gasteiger partial charge is 0.492 e. The molecular formula is C19H23F3N2O5S2. The van der Waals surface area contributed by atoms with Gasteiger partial charge >= 0.3 is 6.18 Å². The highest BCUT2D eigenvalue weighted by molar-refractivity contribution is 7.92. The minimum Gasteiger partial charge on any atom is -0.492 e. The zero-order chi connectivity index (χ0) is 23.4. The van der Waals surface area contributed by atoms with Gasteiger partial charge in [-0.3, -0.25) is 4.72 Å². The smallest absolute Gasteiger partial charge is 0.416 e. The van der Waals surface area contributed by atoms with E-state index in [0.29, 0.717) is 6.07 Å². The molecule has 0 unspecified atom stereocenters. The van der Waals surface area contributed by atoms with E-state index in [1.165, 1.54) is 16.4 Å². The Morgan fingerprint density at radius 3 is 2.16 bits per heavy atom. The fraction of sp³-hybridized carbons (Fsp3) is 0.368. The lowest BCUT2D eigenvalue weighted by atomic mass is 10.2. The van der Waals surface area contributed by atoms with Crippen LogP contribution in [0.3, 0.4) is 0 Å². The summed E-state index contributed by atoms with van der Waals surface area (Å²) in [5.74, 6) is 0.0383. The van der Waals surface area contributed by atoms with Crippen LogP contribution in [0.5, 0.6) is 5.75 Å². The first-order chi connectivity index (χ1) is 14.4. The summed E-state index contributed by atoms with van der Waals surface area (Å²) in [7, 11) is -8.41. The summed E-state index contributed by atoms with van der Waals surface area (Å²) < 4.78 is 98.7. The highest BCUT2D eigenvalue weighted by atomic mass is 32.2. The molecule has 2 aromatic rings. The van der Waals surface area contributed by atoms with Gasteiger partial charge in [-0.2, -0.15) is 17.5 Å². The van der Waals surface area contributed by atoms with E-state index < -0.39 is 36.7 Å². The average Bonchev–Trinajstić information content (AvgIpc) is 2.69. The number of alkyl halides is 3. The minimum absolute atomic E-state index is 0.0383. The summed E-state index contributed by atoms with van der Waals surface area (Å²) in [5, 5.41) is 0. The van der Waals surface area contributed by atoms with Gasteiger partial charge in [-0.25, -0.2) is 16.8 Å². The summed E-state index contributed by atoms with van der Waals surface area (Å²) in [6.45, 7) is 5.52. The monoisotopic (exact) mass is 480 g/mol. The summed E-state index contributed by atoms with van der Waals surface area (Å²) in [5.41, 5.74) is -1.25. The molecule has 0 aliphatic rings. The van der Waals surface area contributed by atoms with Gasteiger partial charge in [0.2, 0.25) is 10.0 Å². The number of ether oxygens (including phenoxy) is 1. The van der Waals surface area contributed by atoms with Gasteiger partial charge in [0, 0.05) is 13.1 Å². The number of anilines is 1. The third-order valence-electron chi connectivity index (χ3n) is 4.29. The van der Waals surface area contributed by atoms with Crippen LogP contribution in [0.1, 0.15) is 26.3 Å². The molecule has 0 aromatic heterocycles. The summed E-state index contributed by atoms with van der Waals surface area (Å²) in [4.78, 5) is -0.855. The molecule has 0 radical (unpaired) electrons. The van der Waals surface area contributed by atoms with E-state index >= 15 is 0 Å². The van der Waals surface area contributed by atoms with Crippen molar-refractivity contribution in [2.75, 3.05) is 24.4 Å². The second kappa shape index (κ2) is 9.45. The average molecular weight is 481 g/mol. The van der Waals surface area contributed by atoms with E-state index in [1.807, 2.05) is 0 Å². The molecule has 0 aliphatic heterocycles. The summed E-state index contributed by atoms with van der Waals surface area (Å²) in [6, 6.07) is 6.91. The minimum atomic E-state index is -4.71. The summed E-state index contributed by atoms with van der Waals surface area (Å²) in [6.07, 6.45) is -4.71. The first kappa shape index (κ1) is 25.0. The zero-order valence-corrected chi connectivity index (χ0v) is 18.7. The molecule has 12 heteroatoms. The maximum Gasteiger partial charge on any atom is 0.416 e. The first-order valence-corrected chi connectivity index (χ1v) is 12.3. The lowest BCUT2D eigenvalue weighted by molar-refractivity contribution is -0.137. The first-order valence-electron chi connectivity index (χ1n) is 9.33. The van der Waals surface area contributed by atoms with Gasteiger partial charge in [-0.15, -0.1) is 0 Å². The van der Waals surface area contributed by atoms with E-state index in [4.69, 9.17) is 4.74 Å². The predicted octanol–water partition coefficient (Wildman–Crippen LogP) is 3.94. The Kier molecular flexibility index (Phi) is 7.61. The van der Waals surface area contributed by atoms with Crippen molar-refractivity contribution in [2.24, 2.45) is 0 Å². The molecule has 0 spiro atoms. The van der Waals surface area contributed by atoms with Crippen molar-refractivity contribution in [3.8, 4) is 5.75 Å². The van der Waals surface area contributed by atoms with Crippen molar-refractivity contribution in [3.63, 3.8) is 0 Å². The number of nitrogens with zero attached hydrogens (tertiary/aromatic N) is 1. The van der Waals surface area contributed by atoms with Gasteiger partial charge in [-0.1, -0.05) is 19.9 Å². The van der Waals surface area contributed by atoms with Crippen molar-refractivity contribution >= 4 is 25.7 Å². The highest BCUT2D eigenvalue weighted by Gasteiger charge is 2.32. The Morgan fingerprint density at radius 1 is 0.968 bits per heavy atom. The van der Waals surface area contributed by atoms with Crippen LogP contribution < -0.4 is 9.46 Å². The molecule has 31 heavy (non-hydrogen) atoms. The van der Waals surface area contributed by atoms with Crippen molar-refractivity contribution < 1.29 is 34.7 Å². The molecular weight excluding hydrogens is 457 g/mol. The quantitative estimate of drug-likeness (QED) is 0.587. The Hall–Kier alpha value is -2.31. The molecule has 7 nitrogen and oxygen atoms in total. The molecule has 0 saturated heterocycles. The van der Waals surface area contributed by atoms with Crippen LogP contribution in [-0.4, -0.2) is 40.8 Å². The van der Waals surface area contributed by atoms with E-state index in [1.54, 1.807) is 20.8 Å². The van der Waals surface area contributed by atoms with Crippen LogP contribution in [0.25, 0.3) is 0 Å². The summed E-state index contributed by atoms with van der Waals surface area (Å²) >= 11 is 0. The number of hydrogen-bond acceptors (Lipinski definition) is 5. The number of sulfonamides is 2. The molecule has 0 heterocycles. The molecule has 1 N–H and O–H groups in total. The van der Waals surface area contributed by atoms with E-state index in [0.717, 1.165) is 24.3 Å². The molecule has 0 atom stereocenters. The fourth-order valence-electron chi connectivity index (χ4n) is 2.80. The van der Waals surface area contributed by atoms with E-state index in [2.05, 4.69) is 4.72 Å². The Balaban J connectivity index is 2.51. The topological polar surface area (TPSA) is 92.8 Å². The van der Waals surface area contributed by atoms with E-state index in [9.17, 15) is 30.0 Å². The Bertz CT molecular complexity index is 1130. The number of rotatable bonds is 9. The van der Waals surface area contributed by atoms with Gasteiger partial charge in [0.25, 0.3) is 10.0 Å². The maximum atomic E-state index is 13.0. The van der Waals surface area contributed by atoms with Crippen LogP contribution in [0.15, 0.2) is 52.3 Å². The van der Waals surface area contributed by atoms with Crippen LogP contribution in [0.4, 0.5) is 18.9 Å². The lowest BCUT2D eigenvalue weighted by Crippen LogP contribution is -2.31. The third kappa shape index (κ3) is 5.69. The van der Waals surface area contributed by atoms with Crippen LogP contribution in [-0.2, 0) is 26.2 Å². The Labute approximate surface area is 179 Å². The zero-order valence-electron chi connectivity index (χ0n) is 17.1. The lowest BCUT2D eigenvalue weighted by Gasteiger charge is -2.21. The molecule has 172 valence electrons. The molecule has 2 rings (SSSR count). The molecule has 0 amide bonds. The number of benzene rings is 2. The standard InChI is InChI=1S/C19H23F3N2O5S2/c1-4-24(5-2)31(27,28)18-13-15(10-11-17(18)29-6-3)23-30(25,26)16-9-7-8-14(12-16)19(20,21)22/h7-13,23H,4-6H2,1-3H3. The third-order valence-corrected chi connectivity index (χ3v) is 7.74. The SMILES string of the molecule is CCOc1ccc(NS(=O)(=O)c2cccc(C(F)(F)F)c2)cc1S(=O)(=O)N(CC)CC. The van der Waals surface area contributed by atoms with E-state index in [-0.39, 0.29) is 36.0 Å². The van der Waals surface area contributed by atoms with Crippen LogP contribution >= 0.6 is 0 Å². The van der Waals surface area contributed by atoms with Crippen LogP contribution in [0, 0.1) is 0 Å². The fourth-order valence-corrected chi connectivity index (χ4v) is 5.51. The normalized spacial score (nSPS) is 12.7. The van der Waals surface area contributed by atoms with Gasteiger partial charge < -0.3 is 4.74 Å². The second-order valence-electron chi connectivity index (χ2n) is 6.31. The van der Waals surface area contributed by atoms with Crippen molar-refractivity contribution in [1.29, 1.82) is 0 Å². The van der Waals surface area contributed by atoms with Crippen LogP contribution in [0.2, 0.25) is 0 Å². The highest BCUT2D eigenvalue weighted by Crippen LogP contribution is 2.33. The number of nitrogens with one attached hydrogen (secondary N) is 1. The van der Waals surface area contributed by atoms with Crippen molar-refractivity contribution in [1.82, 2.24) is 4.31 Å². The molecule has 0 fully saturated rings. The molecule has 0 aliphatic carbocycles. The van der Waals surface area contributed by atoms with Crippen molar-refractivity contribution in [3.05, 3.63) is 48.0 Å². The molecule has 0 saturated carbocycles. The van der Waals surface area contributed by atoms with Gasteiger partial charge in [0.05, 0.1) is 22.8 Å². The van der Waals surface area contributed by atoms with Crippen molar-refractivity contribution in [2.45, 2.75) is 36.7 Å². The second-order valence-corrected chi connectivity index (χ2v) is 9.90. The number of halogens is 3. The Morgan fingerprint density at radius 2 is 1.61 bits per heavy atom. The number of hydrogen-bond donors (Lipinski definition) is 1. The van der Waals surface area contributed by atoms with Gasteiger partial charge in [-0.05, 0) is 43.3 Å². The van der Waals surface area contributed by atoms with Gasteiger partial charge in [0.15, 0.2) is 0 Å².